The van der Waals surface area contributed by atoms with Gasteiger partial charge in [0.05, 0.1) is 0 Å². The minimum atomic E-state index is -0.517. The van der Waals surface area contributed by atoms with Crippen molar-refractivity contribution >= 4 is 11.4 Å². The van der Waals surface area contributed by atoms with Crippen LogP contribution in [0.4, 0.5) is 11.4 Å². The molecule has 1 saturated heterocycles. The topological polar surface area (TPSA) is 63.4 Å². The number of hydrogen-bond acceptors (Lipinski definition) is 4. The lowest BCUT2D eigenvalue weighted by Crippen LogP contribution is -2.41. The zero-order valence-corrected chi connectivity index (χ0v) is 6.67. The summed E-state index contributed by atoms with van der Waals surface area (Å²) in [6.07, 6.45) is 2.16. The lowest BCUT2D eigenvalue weighted by Gasteiger charge is -2.19. The van der Waals surface area contributed by atoms with Crippen LogP contribution in [-0.4, -0.2) is 13.1 Å². The van der Waals surface area contributed by atoms with E-state index in [9.17, 15) is 9.59 Å². The first-order valence-corrected chi connectivity index (χ1v) is 4.05. The lowest BCUT2D eigenvalue weighted by atomic mass is 10.2. The van der Waals surface area contributed by atoms with Gasteiger partial charge in [-0.25, -0.2) is 0 Å². The fourth-order valence-electron chi connectivity index (χ4n) is 1.65. The highest BCUT2D eigenvalue weighted by Crippen LogP contribution is 2.21. The monoisotopic (exact) mass is 166 g/mol. The molecule has 0 bridgehead atoms. The Morgan fingerprint density at radius 1 is 1.08 bits per heavy atom. The number of rotatable bonds is 1. The van der Waals surface area contributed by atoms with Gasteiger partial charge in [-0.1, -0.05) is 0 Å². The van der Waals surface area contributed by atoms with E-state index in [2.05, 4.69) is 0 Å². The summed E-state index contributed by atoms with van der Waals surface area (Å²) in [4.78, 5) is 23.7. The molecular formula is C8H10N2O2. The van der Waals surface area contributed by atoms with Gasteiger partial charge >= 0.3 is 0 Å². The van der Waals surface area contributed by atoms with Crippen LogP contribution in [0.25, 0.3) is 0 Å². The molecule has 4 heteroatoms. The van der Waals surface area contributed by atoms with Crippen LogP contribution in [0.5, 0.6) is 0 Å². The average Bonchev–Trinajstić information content (AvgIpc) is 2.57. The molecule has 64 valence electrons. The summed E-state index contributed by atoms with van der Waals surface area (Å²) in [5, 5.41) is 0. The van der Waals surface area contributed by atoms with Crippen LogP contribution in [-0.2, 0) is 0 Å². The van der Waals surface area contributed by atoms with Gasteiger partial charge in [0.1, 0.15) is 11.4 Å². The minimum Gasteiger partial charge on any atom is -0.394 e. The van der Waals surface area contributed by atoms with Crippen LogP contribution < -0.4 is 21.5 Å². The van der Waals surface area contributed by atoms with Crippen molar-refractivity contribution in [2.24, 2.45) is 0 Å². The first-order valence-electron chi connectivity index (χ1n) is 4.05. The molecule has 1 aliphatic heterocycles. The smallest absolute Gasteiger partial charge is 0.253 e. The highest BCUT2D eigenvalue weighted by molar-refractivity contribution is 5.72. The van der Waals surface area contributed by atoms with Gasteiger partial charge in [-0.05, 0) is 12.8 Å². The van der Waals surface area contributed by atoms with E-state index in [1.807, 2.05) is 4.90 Å². The molecular weight excluding hydrogens is 156 g/mol. The third kappa shape index (κ3) is 0.776. The maximum Gasteiger partial charge on any atom is 0.253 e. The molecule has 0 saturated carbocycles. The summed E-state index contributed by atoms with van der Waals surface area (Å²) in [5.74, 6) is 0. The van der Waals surface area contributed by atoms with E-state index >= 15 is 0 Å². The number of anilines is 2. The van der Waals surface area contributed by atoms with Gasteiger partial charge in [-0.15, -0.1) is 0 Å². The second-order valence-corrected chi connectivity index (χ2v) is 3.11. The molecule has 2 N–H and O–H groups in total. The molecule has 2 rings (SSSR count). The molecule has 1 aromatic carbocycles. The predicted molar refractivity (Wildman–Crippen MR) is 47.2 cm³/mol. The Morgan fingerprint density at radius 3 is 2.17 bits per heavy atom. The molecule has 0 spiro atoms. The Kier molecular flexibility index (Phi) is 1.43. The van der Waals surface area contributed by atoms with Gasteiger partial charge in [-0.2, -0.15) is 0 Å². The van der Waals surface area contributed by atoms with Gasteiger partial charge < -0.3 is 10.6 Å². The fraction of sp³-hybridized carbons (Fsp3) is 0.500. The number of nitrogen functional groups attached to an aromatic ring is 1. The van der Waals surface area contributed by atoms with Crippen LogP contribution in [0.1, 0.15) is 12.8 Å². The molecule has 0 aliphatic carbocycles. The van der Waals surface area contributed by atoms with Crippen LogP contribution in [0.2, 0.25) is 0 Å². The standard InChI is InChI=1S/C8H10N2O2/c9-5-6(8(12)7(5)11)10-3-1-2-4-10/h1-4,9H2. The molecule has 0 unspecified atom stereocenters. The third-order valence-corrected chi connectivity index (χ3v) is 2.34. The summed E-state index contributed by atoms with van der Waals surface area (Å²) in [6, 6.07) is 0. The largest absolute Gasteiger partial charge is 0.394 e. The average molecular weight is 166 g/mol. The predicted octanol–water partition coefficient (Wildman–Crippen LogP) is -0.535. The second-order valence-electron chi connectivity index (χ2n) is 3.11. The highest BCUT2D eigenvalue weighted by Gasteiger charge is 2.25. The Morgan fingerprint density at radius 2 is 1.67 bits per heavy atom. The van der Waals surface area contributed by atoms with Crippen LogP contribution in [0, 0.1) is 0 Å². The van der Waals surface area contributed by atoms with Crippen molar-refractivity contribution < 1.29 is 0 Å². The van der Waals surface area contributed by atoms with Gasteiger partial charge in [0.25, 0.3) is 10.9 Å². The first kappa shape index (κ1) is 7.34. The Labute approximate surface area is 69.3 Å². The van der Waals surface area contributed by atoms with E-state index in [0.717, 1.165) is 25.9 Å². The summed E-state index contributed by atoms with van der Waals surface area (Å²) in [7, 11) is 0. The molecule has 0 atom stereocenters. The van der Waals surface area contributed by atoms with Crippen molar-refractivity contribution in [3.8, 4) is 0 Å². The Hall–Kier alpha value is -1.32. The molecule has 0 radical (unpaired) electrons. The number of nitrogens with two attached hydrogens (primary N) is 1. The maximum atomic E-state index is 11.0. The van der Waals surface area contributed by atoms with Crippen molar-refractivity contribution in [2.45, 2.75) is 12.8 Å². The zero-order valence-electron chi connectivity index (χ0n) is 6.67. The van der Waals surface area contributed by atoms with E-state index in [1.54, 1.807) is 0 Å². The van der Waals surface area contributed by atoms with Gasteiger partial charge in [-0.3, -0.25) is 9.59 Å². The lowest BCUT2D eigenvalue weighted by molar-refractivity contribution is 0.949. The summed E-state index contributed by atoms with van der Waals surface area (Å²) < 4.78 is 0. The van der Waals surface area contributed by atoms with Crippen molar-refractivity contribution in [3.63, 3.8) is 0 Å². The third-order valence-electron chi connectivity index (χ3n) is 2.34. The van der Waals surface area contributed by atoms with E-state index in [0.29, 0.717) is 5.69 Å². The van der Waals surface area contributed by atoms with Gasteiger partial charge in [0, 0.05) is 13.1 Å². The summed E-state index contributed by atoms with van der Waals surface area (Å²) in [5.41, 5.74) is 5.09. The number of hydrogen-bond donors (Lipinski definition) is 1. The quantitative estimate of drug-likeness (QED) is 0.569. The van der Waals surface area contributed by atoms with E-state index in [-0.39, 0.29) is 5.69 Å². The molecule has 4 nitrogen and oxygen atoms in total. The zero-order chi connectivity index (χ0) is 8.72. The normalized spacial score (nSPS) is 17.5. The van der Waals surface area contributed by atoms with E-state index < -0.39 is 10.9 Å². The van der Waals surface area contributed by atoms with Crippen molar-refractivity contribution in [1.29, 1.82) is 0 Å². The van der Waals surface area contributed by atoms with E-state index in [1.165, 1.54) is 0 Å². The van der Waals surface area contributed by atoms with E-state index in [4.69, 9.17) is 5.73 Å². The van der Waals surface area contributed by atoms with Crippen molar-refractivity contribution in [1.82, 2.24) is 0 Å². The molecule has 1 aromatic rings. The second kappa shape index (κ2) is 2.33. The first-order chi connectivity index (χ1) is 5.72. The Balaban J connectivity index is 2.35. The Bertz CT molecular complexity index is 370. The van der Waals surface area contributed by atoms with Crippen LogP contribution >= 0.6 is 0 Å². The molecule has 0 amide bonds. The van der Waals surface area contributed by atoms with Crippen LogP contribution in [0.15, 0.2) is 9.59 Å². The molecule has 0 aromatic heterocycles. The maximum absolute atomic E-state index is 11.0. The van der Waals surface area contributed by atoms with Gasteiger partial charge in [0.2, 0.25) is 0 Å². The fourth-order valence-corrected chi connectivity index (χ4v) is 1.65. The number of nitrogens with zero attached hydrogens (tertiary/aromatic N) is 1. The minimum absolute atomic E-state index is 0.155. The molecule has 1 aliphatic rings. The SMILES string of the molecule is Nc1c(N2CCCC2)c(=O)c1=O. The van der Waals surface area contributed by atoms with Crippen molar-refractivity contribution in [2.75, 3.05) is 23.7 Å². The highest BCUT2D eigenvalue weighted by atomic mass is 16.2. The summed E-state index contributed by atoms with van der Waals surface area (Å²) >= 11 is 0. The van der Waals surface area contributed by atoms with Gasteiger partial charge in [0.15, 0.2) is 0 Å². The van der Waals surface area contributed by atoms with Crippen molar-refractivity contribution in [3.05, 3.63) is 20.4 Å². The molecule has 1 fully saturated rings. The molecule has 12 heavy (non-hydrogen) atoms. The summed E-state index contributed by atoms with van der Waals surface area (Å²) in [6.45, 7) is 1.71. The van der Waals surface area contributed by atoms with Crippen LogP contribution in [0.3, 0.4) is 0 Å². The molecule has 1 heterocycles.